The Bertz CT molecular complexity index is 853. The maximum absolute atomic E-state index is 13.1. The number of rotatable bonds is 4. The van der Waals surface area contributed by atoms with Crippen LogP contribution in [0.3, 0.4) is 0 Å². The summed E-state index contributed by atoms with van der Waals surface area (Å²) in [6, 6.07) is 10.7. The number of carbonyl (C=O) groups is 1. The zero-order valence-electron chi connectivity index (χ0n) is 13.9. The van der Waals surface area contributed by atoms with E-state index in [4.69, 9.17) is 4.42 Å². The number of hydrogen-bond donors (Lipinski definition) is 0. The first-order valence-electron chi connectivity index (χ1n) is 7.98. The highest BCUT2D eigenvalue weighted by Crippen LogP contribution is 2.24. The summed E-state index contributed by atoms with van der Waals surface area (Å²) in [4.78, 5) is 14.7. The lowest BCUT2D eigenvalue weighted by Crippen LogP contribution is -2.40. The number of benzene rings is 1. The molecule has 1 amide bonds. The predicted molar refractivity (Wildman–Crippen MR) is 91.6 cm³/mol. The van der Waals surface area contributed by atoms with Crippen molar-refractivity contribution in [2.75, 3.05) is 11.5 Å². The van der Waals surface area contributed by atoms with E-state index in [1.165, 1.54) is 0 Å². The second-order valence-corrected chi connectivity index (χ2v) is 8.55. The van der Waals surface area contributed by atoms with E-state index < -0.39 is 9.84 Å². The summed E-state index contributed by atoms with van der Waals surface area (Å²) in [5.41, 5.74) is 1.48. The molecule has 0 N–H and O–H groups in total. The summed E-state index contributed by atoms with van der Waals surface area (Å²) in [5.74, 6) is 1.44. The van der Waals surface area contributed by atoms with Crippen LogP contribution < -0.4 is 0 Å². The second kappa shape index (κ2) is 6.43. The highest BCUT2D eigenvalue weighted by atomic mass is 32.2. The van der Waals surface area contributed by atoms with Crippen molar-refractivity contribution in [1.29, 1.82) is 0 Å². The van der Waals surface area contributed by atoms with Gasteiger partial charge in [0.25, 0.3) is 5.91 Å². The van der Waals surface area contributed by atoms with Gasteiger partial charge in [0, 0.05) is 11.6 Å². The summed E-state index contributed by atoms with van der Waals surface area (Å²) in [6.07, 6.45) is 0.472. The molecule has 0 saturated carbocycles. The fourth-order valence-electron chi connectivity index (χ4n) is 3.09. The number of hydrogen-bond acceptors (Lipinski definition) is 4. The van der Waals surface area contributed by atoms with Crippen LogP contribution in [-0.4, -0.2) is 36.8 Å². The molecule has 1 aromatic heterocycles. The van der Waals surface area contributed by atoms with Crippen molar-refractivity contribution in [3.63, 3.8) is 0 Å². The molecule has 3 rings (SSSR count). The number of nitrogens with zero attached hydrogens (tertiary/aromatic N) is 1. The first-order chi connectivity index (χ1) is 11.4. The minimum atomic E-state index is -3.08. The van der Waals surface area contributed by atoms with Gasteiger partial charge in [-0.25, -0.2) is 8.42 Å². The summed E-state index contributed by atoms with van der Waals surface area (Å²) >= 11 is 0. The van der Waals surface area contributed by atoms with Crippen molar-refractivity contribution >= 4 is 15.7 Å². The van der Waals surface area contributed by atoms with E-state index in [1.54, 1.807) is 11.0 Å². The van der Waals surface area contributed by atoms with Crippen LogP contribution in [0, 0.1) is 13.8 Å². The first kappa shape index (κ1) is 16.8. The van der Waals surface area contributed by atoms with E-state index in [0.29, 0.717) is 17.7 Å². The molecular formula is C18H21NO4S. The van der Waals surface area contributed by atoms with Crippen LogP contribution in [0.2, 0.25) is 0 Å². The maximum atomic E-state index is 13.1. The summed E-state index contributed by atoms with van der Waals surface area (Å²) in [5, 5.41) is 0. The minimum Gasteiger partial charge on any atom is -0.464 e. The first-order valence-corrected chi connectivity index (χ1v) is 9.80. The molecule has 2 aromatic rings. The molecule has 128 valence electrons. The molecule has 1 aliphatic rings. The second-order valence-electron chi connectivity index (χ2n) is 6.32. The molecule has 1 saturated heterocycles. The molecule has 1 fully saturated rings. The third kappa shape index (κ3) is 3.53. The number of aryl methyl sites for hydroxylation is 2. The minimum absolute atomic E-state index is 0.0182. The van der Waals surface area contributed by atoms with Gasteiger partial charge < -0.3 is 9.32 Å². The van der Waals surface area contributed by atoms with E-state index >= 15 is 0 Å². The number of carbonyl (C=O) groups excluding carboxylic acids is 1. The van der Waals surface area contributed by atoms with Crippen LogP contribution in [0.5, 0.6) is 0 Å². The van der Waals surface area contributed by atoms with Crippen LogP contribution in [0.1, 0.15) is 33.9 Å². The number of amides is 1. The van der Waals surface area contributed by atoms with Crippen LogP contribution in [0.4, 0.5) is 0 Å². The van der Waals surface area contributed by atoms with Crippen molar-refractivity contribution in [1.82, 2.24) is 4.90 Å². The smallest absolute Gasteiger partial charge is 0.254 e. The van der Waals surface area contributed by atoms with Crippen LogP contribution in [0.25, 0.3) is 0 Å². The number of furan rings is 1. The highest BCUT2D eigenvalue weighted by molar-refractivity contribution is 7.91. The Labute approximate surface area is 142 Å². The molecule has 0 bridgehead atoms. The molecule has 1 aliphatic heterocycles. The monoisotopic (exact) mass is 347 g/mol. The van der Waals surface area contributed by atoms with Gasteiger partial charge in [-0.3, -0.25) is 4.79 Å². The van der Waals surface area contributed by atoms with Crippen molar-refractivity contribution in [2.45, 2.75) is 32.9 Å². The largest absolute Gasteiger partial charge is 0.464 e. The van der Waals surface area contributed by atoms with Gasteiger partial charge in [-0.2, -0.15) is 0 Å². The van der Waals surface area contributed by atoms with Gasteiger partial charge in [0.1, 0.15) is 11.5 Å². The Morgan fingerprint density at radius 2 is 1.96 bits per heavy atom. The van der Waals surface area contributed by atoms with Gasteiger partial charge in [0.05, 0.1) is 18.1 Å². The lowest BCUT2D eigenvalue weighted by atomic mass is 10.1. The average molecular weight is 347 g/mol. The SMILES string of the molecule is Cc1ccc(CN(C(=O)c2ccccc2C)[C@H]2CCS(=O)(=O)C2)o1. The normalized spacial score (nSPS) is 19.3. The molecule has 1 aromatic carbocycles. The van der Waals surface area contributed by atoms with Gasteiger partial charge in [-0.15, -0.1) is 0 Å². The standard InChI is InChI=1S/C18H21NO4S/c1-13-5-3-4-6-17(13)18(20)19(11-16-8-7-14(2)23-16)15-9-10-24(21,22)12-15/h3-8,15H,9-12H2,1-2H3/t15-/m0/s1. The predicted octanol–water partition coefficient (Wildman–Crippen LogP) is 2.73. The third-order valence-electron chi connectivity index (χ3n) is 4.41. The summed E-state index contributed by atoms with van der Waals surface area (Å²) in [6.45, 7) is 4.01. The molecule has 6 heteroatoms. The molecule has 2 heterocycles. The van der Waals surface area contributed by atoms with Crippen LogP contribution in [-0.2, 0) is 16.4 Å². The molecule has 0 radical (unpaired) electrons. The Morgan fingerprint density at radius 1 is 1.21 bits per heavy atom. The molecule has 5 nitrogen and oxygen atoms in total. The Hall–Kier alpha value is -2.08. The van der Waals surface area contributed by atoms with Gasteiger partial charge in [-0.1, -0.05) is 18.2 Å². The van der Waals surface area contributed by atoms with Crippen molar-refractivity contribution in [2.24, 2.45) is 0 Å². The van der Waals surface area contributed by atoms with E-state index in [2.05, 4.69) is 0 Å². The molecular weight excluding hydrogens is 326 g/mol. The van der Waals surface area contributed by atoms with Crippen LogP contribution in [0.15, 0.2) is 40.8 Å². The number of sulfone groups is 1. The van der Waals surface area contributed by atoms with Gasteiger partial charge in [0.15, 0.2) is 9.84 Å². The topological polar surface area (TPSA) is 67.6 Å². The van der Waals surface area contributed by atoms with E-state index in [-0.39, 0.29) is 30.0 Å². The quantitative estimate of drug-likeness (QED) is 0.853. The van der Waals surface area contributed by atoms with Crippen molar-refractivity contribution in [3.05, 3.63) is 59.0 Å². The molecule has 0 aliphatic carbocycles. The average Bonchev–Trinajstić information content (AvgIpc) is 3.10. The molecule has 1 atom stereocenters. The zero-order valence-corrected chi connectivity index (χ0v) is 14.7. The summed E-state index contributed by atoms with van der Waals surface area (Å²) < 4.78 is 29.3. The Morgan fingerprint density at radius 3 is 2.54 bits per heavy atom. The van der Waals surface area contributed by atoms with Gasteiger partial charge in [0.2, 0.25) is 0 Å². The van der Waals surface area contributed by atoms with E-state index in [1.807, 2.05) is 44.2 Å². The Kier molecular flexibility index (Phi) is 4.49. The third-order valence-corrected chi connectivity index (χ3v) is 6.16. The van der Waals surface area contributed by atoms with E-state index in [9.17, 15) is 13.2 Å². The fraction of sp³-hybridized carbons (Fsp3) is 0.389. The highest BCUT2D eigenvalue weighted by Gasteiger charge is 2.35. The fourth-order valence-corrected chi connectivity index (χ4v) is 4.82. The van der Waals surface area contributed by atoms with Gasteiger partial charge >= 0.3 is 0 Å². The van der Waals surface area contributed by atoms with Crippen LogP contribution >= 0.6 is 0 Å². The molecule has 0 unspecified atom stereocenters. The summed E-state index contributed by atoms with van der Waals surface area (Å²) in [7, 11) is -3.08. The maximum Gasteiger partial charge on any atom is 0.254 e. The lowest BCUT2D eigenvalue weighted by Gasteiger charge is -2.28. The lowest BCUT2D eigenvalue weighted by molar-refractivity contribution is 0.0664. The zero-order chi connectivity index (χ0) is 17.3. The van der Waals surface area contributed by atoms with Crippen molar-refractivity contribution in [3.8, 4) is 0 Å². The van der Waals surface area contributed by atoms with Crippen molar-refractivity contribution < 1.29 is 17.6 Å². The van der Waals surface area contributed by atoms with Gasteiger partial charge in [-0.05, 0) is 44.0 Å². The molecule has 24 heavy (non-hydrogen) atoms. The Balaban J connectivity index is 1.92. The molecule has 0 spiro atoms. The van der Waals surface area contributed by atoms with E-state index in [0.717, 1.165) is 11.3 Å².